The summed E-state index contributed by atoms with van der Waals surface area (Å²) in [5.74, 6) is 4.37. The van der Waals surface area contributed by atoms with Crippen molar-refractivity contribution in [1.29, 1.82) is 0 Å². The van der Waals surface area contributed by atoms with Crippen molar-refractivity contribution in [2.24, 2.45) is 0 Å². The first-order chi connectivity index (χ1) is 12.7. The third-order valence-corrected chi connectivity index (χ3v) is 4.13. The highest BCUT2D eigenvalue weighted by Crippen LogP contribution is 2.29. The second-order valence-corrected chi connectivity index (χ2v) is 6.08. The quantitative estimate of drug-likeness (QED) is 0.367. The van der Waals surface area contributed by atoms with Crippen LogP contribution in [0.4, 0.5) is 18.9 Å². The Kier molecular flexibility index (Phi) is 6.47. The van der Waals surface area contributed by atoms with E-state index in [1.165, 1.54) is 42.1 Å². The molecule has 0 aliphatic carbocycles. The fraction of sp³-hybridized carbons (Fsp3) is 0.167. The molecule has 1 amide bonds. The van der Waals surface area contributed by atoms with Crippen LogP contribution in [0.25, 0.3) is 0 Å². The smallest absolute Gasteiger partial charge is 0.341 e. The molecule has 0 aliphatic rings. The third-order valence-electron chi connectivity index (χ3n) is 3.41. The van der Waals surface area contributed by atoms with E-state index in [1.54, 1.807) is 6.26 Å². The normalized spacial score (nSPS) is 10.7. The summed E-state index contributed by atoms with van der Waals surface area (Å²) in [6.07, 6.45) is -2.70. The first-order valence-electron chi connectivity index (χ1n) is 7.49. The first-order valence-corrected chi connectivity index (χ1v) is 8.71. The molecule has 0 fully saturated rings. The molecule has 2 rings (SSSR count). The van der Waals surface area contributed by atoms with E-state index >= 15 is 0 Å². The maximum absolute atomic E-state index is 12.7. The molecule has 0 saturated heterocycles. The van der Waals surface area contributed by atoms with E-state index in [9.17, 15) is 28.1 Å². The molecule has 0 saturated carbocycles. The molecule has 140 valence electrons. The summed E-state index contributed by atoms with van der Waals surface area (Å²) in [7, 11) is 0. The summed E-state index contributed by atoms with van der Waals surface area (Å²) in [5, 5.41) is 13.5. The predicted molar refractivity (Wildman–Crippen MR) is 95.5 cm³/mol. The second-order valence-electron chi connectivity index (χ2n) is 5.20. The van der Waals surface area contributed by atoms with Gasteiger partial charge in [-0.1, -0.05) is 17.9 Å². The van der Waals surface area contributed by atoms with Crippen molar-refractivity contribution in [2.75, 3.05) is 12.8 Å². The molecule has 27 heavy (non-hydrogen) atoms. The van der Waals surface area contributed by atoms with Gasteiger partial charge in [-0.2, -0.15) is 13.2 Å². The summed E-state index contributed by atoms with van der Waals surface area (Å²) in [4.78, 5) is 23.3. The van der Waals surface area contributed by atoms with Crippen LogP contribution in [0.3, 0.4) is 0 Å². The Bertz CT molecular complexity index is 933. The molecule has 0 aliphatic heterocycles. The number of hydrogen-bond donors (Lipinski definition) is 1. The Labute approximate surface area is 157 Å². The van der Waals surface area contributed by atoms with Gasteiger partial charge in [0.1, 0.15) is 5.56 Å². The second kappa shape index (κ2) is 8.60. The van der Waals surface area contributed by atoms with Crippen molar-refractivity contribution < 1.29 is 22.9 Å². The maximum atomic E-state index is 12.7. The third kappa shape index (κ3) is 5.49. The topological polar surface area (TPSA) is 72.2 Å². The van der Waals surface area contributed by atoms with E-state index in [2.05, 4.69) is 17.2 Å². The number of amides is 1. The Balaban J connectivity index is 2.10. The van der Waals surface area contributed by atoms with Crippen LogP contribution in [-0.2, 0) is 6.18 Å². The van der Waals surface area contributed by atoms with Gasteiger partial charge in [-0.25, -0.2) is 0 Å². The van der Waals surface area contributed by atoms with Gasteiger partial charge in [0.2, 0.25) is 0 Å². The summed E-state index contributed by atoms with van der Waals surface area (Å²) in [6.45, 7) is -0.171. The minimum absolute atomic E-state index is 0.104. The molecule has 5 nitrogen and oxygen atoms in total. The van der Waals surface area contributed by atoms with E-state index in [-0.39, 0.29) is 23.4 Å². The lowest BCUT2D eigenvalue weighted by molar-refractivity contribution is -0.385. The lowest BCUT2D eigenvalue weighted by Gasteiger charge is -2.06. The highest BCUT2D eigenvalue weighted by atomic mass is 32.2. The number of alkyl halides is 3. The summed E-state index contributed by atoms with van der Waals surface area (Å²) in [5.41, 5.74) is -1.11. The Morgan fingerprint density at radius 1 is 1.26 bits per heavy atom. The molecule has 0 unspecified atom stereocenters. The number of nitrogens with zero attached hydrogens (tertiary/aromatic N) is 1. The van der Waals surface area contributed by atoms with E-state index in [1.807, 2.05) is 0 Å². The molecule has 0 aromatic heterocycles. The predicted octanol–water partition coefficient (Wildman–Crippen LogP) is 4.12. The van der Waals surface area contributed by atoms with Gasteiger partial charge in [-0.15, -0.1) is 11.8 Å². The average molecular weight is 394 g/mol. The number of carbonyl (C=O) groups excluding carboxylic acids is 1. The number of rotatable bonds is 4. The fourth-order valence-electron chi connectivity index (χ4n) is 2.12. The maximum Gasteiger partial charge on any atom is 0.416 e. The molecular formula is C18H13F3N2O3S. The zero-order valence-electron chi connectivity index (χ0n) is 14.0. The number of nitro benzene ring substituents is 1. The first kappa shape index (κ1) is 20.3. The van der Waals surface area contributed by atoms with Crippen LogP contribution >= 0.6 is 11.8 Å². The van der Waals surface area contributed by atoms with Gasteiger partial charge in [-0.3, -0.25) is 14.9 Å². The largest absolute Gasteiger partial charge is 0.416 e. The van der Waals surface area contributed by atoms with Gasteiger partial charge < -0.3 is 5.32 Å². The number of hydrogen-bond acceptors (Lipinski definition) is 4. The molecular weight excluding hydrogens is 381 g/mol. The number of benzene rings is 2. The molecule has 1 N–H and O–H groups in total. The van der Waals surface area contributed by atoms with Crippen molar-refractivity contribution in [3.63, 3.8) is 0 Å². The molecule has 0 heterocycles. The molecule has 2 aromatic carbocycles. The standard InChI is InChI=1S/C18H13F3N2O3S/c1-27-14-7-8-16(23(25)26)15(11-14)17(24)22-9-3-5-12-4-2-6-13(10-12)18(19,20)21/h2,4,6-8,10-11H,9H2,1H3,(H,22,24). The van der Waals surface area contributed by atoms with E-state index in [4.69, 9.17) is 0 Å². The number of nitro groups is 1. The van der Waals surface area contributed by atoms with Crippen LogP contribution in [-0.4, -0.2) is 23.6 Å². The molecule has 0 radical (unpaired) electrons. The molecule has 0 atom stereocenters. The average Bonchev–Trinajstić information content (AvgIpc) is 2.64. The van der Waals surface area contributed by atoms with E-state index < -0.39 is 22.6 Å². The van der Waals surface area contributed by atoms with Gasteiger partial charge in [0, 0.05) is 16.5 Å². The number of carbonyl (C=O) groups is 1. The minimum Gasteiger partial charge on any atom is -0.341 e. The van der Waals surface area contributed by atoms with Crippen LogP contribution < -0.4 is 5.32 Å². The Hall–Kier alpha value is -2.99. The number of nitrogens with one attached hydrogen (secondary N) is 1. The van der Waals surface area contributed by atoms with Gasteiger partial charge >= 0.3 is 6.18 Å². The van der Waals surface area contributed by atoms with E-state index in [0.29, 0.717) is 4.90 Å². The highest BCUT2D eigenvalue weighted by molar-refractivity contribution is 7.98. The van der Waals surface area contributed by atoms with Crippen molar-refractivity contribution >= 4 is 23.4 Å². The van der Waals surface area contributed by atoms with Crippen LogP contribution in [0.15, 0.2) is 47.4 Å². The Morgan fingerprint density at radius 2 is 2.00 bits per heavy atom. The number of halogens is 3. The molecule has 0 spiro atoms. The fourth-order valence-corrected chi connectivity index (χ4v) is 2.56. The minimum atomic E-state index is -4.47. The zero-order chi connectivity index (χ0) is 20.0. The van der Waals surface area contributed by atoms with Crippen LogP contribution in [0.2, 0.25) is 0 Å². The lowest BCUT2D eigenvalue weighted by atomic mass is 10.1. The van der Waals surface area contributed by atoms with Crippen molar-refractivity contribution in [3.05, 3.63) is 69.3 Å². The van der Waals surface area contributed by atoms with Crippen molar-refractivity contribution in [3.8, 4) is 11.8 Å². The lowest BCUT2D eigenvalue weighted by Crippen LogP contribution is -2.24. The van der Waals surface area contributed by atoms with E-state index in [0.717, 1.165) is 12.1 Å². The summed E-state index contributed by atoms with van der Waals surface area (Å²) >= 11 is 1.33. The van der Waals surface area contributed by atoms with Crippen LogP contribution in [0.1, 0.15) is 21.5 Å². The van der Waals surface area contributed by atoms with Gasteiger partial charge in [0.05, 0.1) is 17.0 Å². The monoisotopic (exact) mass is 394 g/mol. The van der Waals surface area contributed by atoms with Crippen molar-refractivity contribution in [2.45, 2.75) is 11.1 Å². The Morgan fingerprint density at radius 3 is 2.63 bits per heavy atom. The zero-order valence-corrected chi connectivity index (χ0v) is 14.8. The van der Waals surface area contributed by atoms with Gasteiger partial charge in [-0.05, 0) is 36.6 Å². The highest BCUT2D eigenvalue weighted by Gasteiger charge is 2.30. The van der Waals surface area contributed by atoms with Gasteiger partial charge in [0.15, 0.2) is 0 Å². The van der Waals surface area contributed by atoms with Crippen LogP contribution in [0.5, 0.6) is 0 Å². The molecule has 9 heteroatoms. The van der Waals surface area contributed by atoms with Crippen molar-refractivity contribution in [1.82, 2.24) is 5.32 Å². The molecule has 2 aromatic rings. The van der Waals surface area contributed by atoms with Crippen LogP contribution in [0, 0.1) is 22.0 Å². The van der Waals surface area contributed by atoms with Gasteiger partial charge in [0.25, 0.3) is 11.6 Å². The molecule has 0 bridgehead atoms. The number of thioether (sulfide) groups is 1. The SMILES string of the molecule is CSc1ccc([N+](=O)[O-])c(C(=O)NCC#Cc2cccc(C(F)(F)F)c2)c1. The summed E-state index contributed by atoms with van der Waals surface area (Å²) < 4.78 is 38.0. The summed E-state index contributed by atoms with van der Waals surface area (Å²) in [6, 6.07) is 8.67.